The monoisotopic (exact) mass is 177 g/mol. The van der Waals surface area contributed by atoms with Crippen molar-refractivity contribution in [1.82, 2.24) is 0 Å². The summed E-state index contributed by atoms with van der Waals surface area (Å²) in [5.41, 5.74) is 0.999. The molecule has 0 aliphatic heterocycles. The van der Waals surface area contributed by atoms with Crippen molar-refractivity contribution in [2.24, 2.45) is 5.16 Å². The lowest BCUT2D eigenvalue weighted by Gasteiger charge is -1.98. The van der Waals surface area contributed by atoms with Gasteiger partial charge in [0, 0.05) is 0 Å². The van der Waals surface area contributed by atoms with Gasteiger partial charge in [0.15, 0.2) is 0 Å². The highest BCUT2D eigenvalue weighted by Gasteiger charge is 1.91. The Hall–Kier alpha value is -1.77. The minimum Gasteiger partial charge on any atom is -0.495 e. The lowest BCUT2D eigenvalue weighted by Crippen LogP contribution is -1.87. The first-order valence-electron chi connectivity index (χ1n) is 3.85. The van der Waals surface area contributed by atoms with E-state index in [-0.39, 0.29) is 0 Å². The molecular weight excluding hydrogens is 166 g/mol. The standard InChI is InChI=1S/C10H11NO2/c1-13-10(8-11-12)7-9-5-3-2-4-6-9/h2-8,12H,1H3/b10-7-,11-8+. The third kappa shape index (κ3) is 2.99. The molecule has 0 aliphatic rings. The van der Waals surface area contributed by atoms with Crippen LogP contribution in [0.5, 0.6) is 0 Å². The number of benzene rings is 1. The molecule has 0 radical (unpaired) electrons. The van der Waals surface area contributed by atoms with Crippen LogP contribution in [-0.4, -0.2) is 18.5 Å². The molecule has 0 aliphatic carbocycles. The number of rotatable bonds is 3. The minimum atomic E-state index is 0.508. The molecule has 3 nitrogen and oxygen atoms in total. The van der Waals surface area contributed by atoms with Crippen molar-refractivity contribution < 1.29 is 9.94 Å². The quantitative estimate of drug-likeness (QED) is 0.332. The second kappa shape index (κ2) is 4.98. The van der Waals surface area contributed by atoms with Gasteiger partial charge >= 0.3 is 0 Å². The molecule has 1 rings (SSSR count). The number of ether oxygens (including phenoxy) is 1. The molecule has 0 atom stereocenters. The number of oxime groups is 1. The van der Waals surface area contributed by atoms with E-state index in [1.54, 1.807) is 6.08 Å². The van der Waals surface area contributed by atoms with Crippen LogP contribution >= 0.6 is 0 Å². The van der Waals surface area contributed by atoms with Crippen LogP contribution in [0.25, 0.3) is 6.08 Å². The van der Waals surface area contributed by atoms with Crippen molar-refractivity contribution in [1.29, 1.82) is 0 Å². The summed E-state index contributed by atoms with van der Waals surface area (Å²) in [6.45, 7) is 0. The largest absolute Gasteiger partial charge is 0.495 e. The average Bonchev–Trinajstić information content (AvgIpc) is 2.19. The molecular formula is C10H11NO2. The maximum atomic E-state index is 8.29. The molecule has 0 saturated heterocycles. The van der Waals surface area contributed by atoms with Gasteiger partial charge in [0.2, 0.25) is 0 Å². The number of methoxy groups -OCH3 is 1. The fourth-order valence-electron chi connectivity index (χ4n) is 0.919. The van der Waals surface area contributed by atoms with Gasteiger partial charge in [-0.25, -0.2) is 0 Å². The van der Waals surface area contributed by atoms with E-state index < -0.39 is 0 Å². The first-order chi connectivity index (χ1) is 6.36. The van der Waals surface area contributed by atoms with Gasteiger partial charge in [0.25, 0.3) is 0 Å². The van der Waals surface area contributed by atoms with Crippen molar-refractivity contribution in [3.63, 3.8) is 0 Å². The zero-order chi connectivity index (χ0) is 9.52. The molecule has 13 heavy (non-hydrogen) atoms. The highest BCUT2D eigenvalue weighted by molar-refractivity contribution is 5.82. The van der Waals surface area contributed by atoms with Gasteiger partial charge in [-0.3, -0.25) is 0 Å². The molecule has 0 amide bonds. The van der Waals surface area contributed by atoms with Crippen LogP contribution in [0.2, 0.25) is 0 Å². The van der Waals surface area contributed by atoms with Crippen LogP contribution in [0.3, 0.4) is 0 Å². The maximum absolute atomic E-state index is 8.29. The smallest absolute Gasteiger partial charge is 0.141 e. The Morgan fingerprint density at radius 1 is 1.38 bits per heavy atom. The Bertz CT molecular complexity index is 304. The summed E-state index contributed by atoms with van der Waals surface area (Å²) >= 11 is 0. The van der Waals surface area contributed by atoms with Crippen LogP contribution in [0.15, 0.2) is 41.2 Å². The SMILES string of the molecule is COC(=C\c1ccccc1)/C=N/O. The van der Waals surface area contributed by atoms with Gasteiger partial charge in [0.05, 0.1) is 7.11 Å². The highest BCUT2D eigenvalue weighted by atomic mass is 16.5. The second-order valence-corrected chi connectivity index (χ2v) is 2.41. The number of hydrogen-bond acceptors (Lipinski definition) is 3. The van der Waals surface area contributed by atoms with Gasteiger partial charge in [-0.05, 0) is 11.6 Å². The third-order valence-electron chi connectivity index (χ3n) is 1.53. The van der Waals surface area contributed by atoms with Crippen LogP contribution in [0.1, 0.15) is 5.56 Å². The van der Waals surface area contributed by atoms with Crippen molar-refractivity contribution in [3.05, 3.63) is 41.7 Å². The van der Waals surface area contributed by atoms with Crippen LogP contribution < -0.4 is 0 Å². The molecule has 0 fully saturated rings. The average molecular weight is 177 g/mol. The van der Waals surface area contributed by atoms with Gasteiger partial charge in [-0.15, -0.1) is 0 Å². The molecule has 1 aromatic rings. The molecule has 0 unspecified atom stereocenters. The van der Waals surface area contributed by atoms with Crippen LogP contribution in [-0.2, 0) is 4.74 Å². The Kier molecular flexibility index (Phi) is 3.57. The summed E-state index contributed by atoms with van der Waals surface area (Å²) in [6, 6.07) is 9.66. The molecule has 1 aromatic carbocycles. The third-order valence-corrected chi connectivity index (χ3v) is 1.53. The molecule has 68 valence electrons. The summed E-state index contributed by atoms with van der Waals surface area (Å²) in [5.74, 6) is 0.508. The Labute approximate surface area is 77.0 Å². The van der Waals surface area contributed by atoms with E-state index in [4.69, 9.17) is 9.94 Å². The van der Waals surface area contributed by atoms with E-state index in [1.807, 2.05) is 30.3 Å². The fraction of sp³-hybridized carbons (Fsp3) is 0.100. The normalized spacial score (nSPS) is 11.9. The van der Waals surface area contributed by atoms with Crippen molar-refractivity contribution >= 4 is 12.3 Å². The van der Waals surface area contributed by atoms with Gasteiger partial charge < -0.3 is 9.94 Å². The van der Waals surface area contributed by atoms with E-state index in [0.29, 0.717) is 5.76 Å². The molecule has 0 aromatic heterocycles. The first-order valence-corrected chi connectivity index (χ1v) is 3.85. The molecule has 0 heterocycles. The van der Waals surface area contributed by atoms with Gasteiger partial charge in [0.1, 0.15) is 12.0 Å². The highest BCUT2D eigenvalue weighted by Crippen LogP contribution is 2.05. The zero-order valence-corrected chi connectivity index (χ0v) is 7.34. The number of hydrogen-bond donors (Lipinski definition) is 1. The molecule has 0 spiro atoms. The number of nitrogens with zero attached hydrogens (tertiary/aromatic N) is 1. The van der Waals surface area contributed by atoms with E-state index in [9.17, 15) is 0 Å². The summed E-state index contributed by atoms with van der Waals surface area (Å²) in [6.07, 6.45) is 3.02. The Balaban J connectivity index is 2.85. The molecule has 1 N–H and O–H groups in total. The predicted octanol–water partition coefficient (Wildman–Crippen LogP) is 2.13. The Morgan fingerprint density at radius 3 is 2.62 bits per heavy atom. The summed E-state index contributed by atoms with van der Waals surface area (Å²) < 4.78 is 4.95. The zero-order valence-electron chi connectivity index (χ0n) is 7.34. The van der Waals surface area contributed by atoms with E-state index >= 15 is 0 Å². The minimum absolute atomic E-state index is 0.508. The predicted molar refractivity (Wildman–Crippen MR) is 51.7 cm³/mol. The second-order valence-electron chi connectivity index (χ2n) is 2.41. The van der Waals surface area contributed by atoms with E-state index in [2.05, 4.69) is 5.16 Å². The van der Waals surface area contributed by atoms with Gasteiger partial charge in [-0.2, -0.15) is 0 Å². The Morgan fingerprint density at radius 2 is 2.08 bits per heavy atom. The lowest BCUT2D eigenvalue weighted by atomic mass is 10.2. The maximum Gasteiger partial charge on any atom is 0.141 e. The fourth-order valence-corrected chi connectivity index (χ4v) is 0.919. The number of allylic oxidation sites excluding steroid dienone is 1. The van der Waals surface area contributed by atoms with Crippen LogP contribution in [0.4, 0.5) is 0 Å². The molecule has 0 bridgehead atoms. The van der Waals surface area contributed by atoms with Crippen LogP contribution in [0, 0.1) is 0 Å². The summed E-state index contributed by atoms with van der Waals surface area (Å²) in [7, 11) is 1.52. The summed E-state index contributed by atoms with van der Waals surface area (Å²) in [4.78, 5) is 0. The molecule has 3 heteroatoms. The van der Waals surface area contributed by atoms with E-state index in [1.165, 1.54) is 13.3 Å². The van der Waals surface area contributed by atoms with Crippen molar-refractivity contribution in [2.75, 3.05) is 7.11 Å². The topological polar surface area (TPSA) is 41.8 Å². The van der Waals surface area contributed by atoms with Gasteiger partial charge in [-0.1, -0.05) is 35.5 Å². The van der Waals surface area contributed by atoms with E-state index in [0.717, 1.165) is 5.56 Å². The lowest BCUT2D eigenvalue weighted by molar-refractivity contribution is 0.301. The first kappa shape index (κ1) is 9.32. The van der Waals surface area contributed by atoms with Crippen molar-refractivity contribution in [2.45, 2.75) is 0 Å². The summed E-state index contributed by atoms with van der Waals surface area (Å²) in [5, 5.41) is 11.2. The van der Waals surface area contributed by atoms with Crippen molar-refractivity contribution in [3.8, 4) is 0 Å². The molecule has 0 saturated carbocycles.